The minimum absolute atomic E-state index is 0.388. The van der Waals surface area contributed by atoms with Crippen molar-refractivity contribution in [2.45, 2.75) is 17.9 Å². The highest BCUT2D eigenvalue weighted by molar-refractivity contribution is 7.98. The van der Waals surface area contributed by atoms with Crippen LogP contribution in [0.1, 0.15) is 11.5 Å². The third kappa shape index (κ3) is 4.24. The molecule has 148 valence electrons. The van der Waals surface area contributed by atoms with Crippen LogP contribution in [-0.4, -0.2) is 34.6 Å². The number of aryl methyl sites for hydroxylation is 1. The standard InChI is InChI=1S/C20H18N4O4S/c1-12-5-4-6-13(9-12)18-21-17(28-24-18)11-29-20-23-22-19(27-20)14-7-8-15(25-2)16(10-14)26-3/h4-10H,11H2,1-3H3. The molecule has 8 nitrogen and oxygen atoms in total. The molecule has 0 N–H and O–H groups in total. The molecule has 0 aliphatic rings. The van der Waals surface area contributed by atoms with Crippen LogP contribution in [0.2, 0.25) is 0 Å². The summed E-state index contributed by atoms with van der Waals surface area (Å²) in [4.78, 5) is 4.42. The summed E-state index contributed by atoms with van der Waals surface area (Å²) in [6.45, 7) is 2.02. The van der Waals surface area contributed by atoms with E-state index in [4.69, 9.17) is 18.4 Å². The Morgan fingerprint density at radius 2 is 1.83 bits per heavy atom. The minimum atomic E-state index is 0.388. The third-order valence-corrected chi connectivity index (χ3v) is 4.90. The number of methoxy groups -OCH3 is 2. The number of ether oxygens (including phenoxy) is 2. The van der Waals surface area contributed by atoms with E-state index in [1.807, 2.05) is 37.3 Å². The van der Waals surface area contributed by atoms with Gasteiger partial charge >= 0.3 is 0 Å². The number of aromatic nitrogens is 4. The zero-order chi connectivity index (χ0) is 20.2. The summed E-state index contributed by atoms with van der Waals surface area (Å²) in [6.07, 6.45) is 0. The van der Waals surface area contributed by atoms with E-state index in [2.05, 4.69) is 20.3 Å². The molecule has 0 saturated heterocycles. The Bertz CT molecular complexity index is 1130. The predicted molar refractivity (Wildman–Crippen MR) is 107 cm³/mol. The fraction of sp³-hybridized carbons (Fsp3) is 0.200. The van der Waals surface area contributed by atoms with Crippen molar-refractivity contribution in [2.24, 2.45) is 0 Å². The Morgan fingerprint density at radius 1 is 0.966 bits per heavy atom. The number of benzene rings is 2. The van der Waals surface area contributed by atoms with Crippen LogP contribution in [0, 0.1) is 6.92 Å². The topological polar surface area (TPSA) is 96.3 Å². The fourth-order valence-corrected chi connectivity index (χ4v) is 3.29. The molecule has 4 rings (SSSR count). The van der Waals surface area contributed by atoms with E-state index in [1.54, 1.807) is 26.4 Å². The second kappa shape index (κ2) is 8.36. The summed E-state index contributed by atoms with van der Waals surface area (Å²) in [5.74, 6) is 3.07. The van der Waals surface area contributed by atoms with Gasteiger partial charge in [-0.1, -0.05) is 40.7 Å². The summed E-state index contributed by atoms with van der Waals surface area (Å²) in [5, 5.41) is 12.6. The second-order valence-corrected chi connectivity index (χ2v) is 7.04. The van der Waals surface area contributed by atoms with Crippen LogP contribution in [0.3, 0.4) is 0 Å². The van der Waals surface area contributed by atoms with Crippen LogP contribution in [-0.2, 0) is 5.75 Å². The lowest BCUT2D eigenvalue weighted by Gasteiger charge is -2.07. The van der Waals surface area contributed by atoms with Gasteiger partial charge in [0.25, 0.3) is 5.22 Å². The van der Waals surface area contributed by atoms with Crippen LogP contribution in [0.25, 0.3) is 22.8 Å². The zero-order valence-corrected chi connectivity index (χ0v) is 16.9. The van der Waals surface area contributed by atoms with E-state index in [-0.39, 0.29) is 0 Å². The van der Waals surface area contributed by atoms with Crippen LogP contribution >= 0.6 is 11.8 Å². The molecule has 0 spiro atoms. The van der Waals surface area contributed by atoms with Crippen molar-refractivity contribution in [3.63, 3.8) is 0 Å². The van der Waals surface area contributed by atoms with E-state index < -0.39 is 0 Å². The van der Waals surface area contributed by atoms with E-state index in [1.165, 1.54) is 11.8 Å². The monoisotopic (exact) mass is 410 g/mol. The molecular weight excluding hydrogens is 392 g/mol. The molecule has 4 aromatic rings. The Hall–Kier alpha value is -3.33. The van der Waals surface area contributed by atoms with Gasteiger partial charge in [-0.05, 0) is 31.2 Å². The first kappa shape index (κ1) is 19.0. The van der Waals surface area contributed by atoms with Gasteiger partial charge in [0, 0.05) is 11.1 Å². The summed E-state index contributed by atoms with van der Waals surface area (Å²) < 4.78 is 21.6. The van der Waals surface area contributed by atoms with Crippen molar-refractivity contribution < 1.29 is 18.4 Å². The van der Waals surface area contributed by atoms with E-state index in [0.29, 0.717) is 40.1 Å². The highest BCUT2D eigenvalue weighted by atomic mass is 32.2. The first-order chi connectivity index (χ1) is 14.2. The van der Waals surface area contributed by atoms with Crippen LogP contribution in [0.15, 0.2) is 56.6 Å². The Morgan fingerprint density at radius 3 is 2.62 bits per heavy atom. The minimum Gasteiger partial charge on any atom is -0.493 e. The summed E-state index contributed by atoms with van der Waals surface area (Å²) >= 11 is 1.33. The molecule has 0 aliphatic heterocycles. The van der Waals surface area contributed by atoms with Crippen molar-refractivity contribution in [1.82, 2.24) is 20.3 Å². The summed E-state index contributed by atoms with van der Waals surface area (Å²) in [7, 11) is 3.16. The maximum atomic E-state index is 5.73. The molecule has 0 radical (unpaired) electrons. The maximum Gasteiger partial charge on any atom is 0.277 e. The highest BCUT2D eigenvalue weighted by Gasteiger charge is 2.15. The van der Waals surface area contributed by atoms with E-state index in [9.17, 15) is 0 Å². The highest BCUT2D eigenvalue weighted by Crippen LogP contribution is 2.33. The second-order valence-electron chi connectivity index (χ2n) is 6.11. The van der Waals surface area contributed by atoms with Crippen molar-refractivity contribution in [2.75, 3.05) is 14.2 Å². The Labute approximate surface area is 171 Å². The van der Waals surface area contributed by atoms with Gasteiger partial charge in [-0.15, -0.1) is 10.2 Å². The predicted octanol–water partition coefficient (Wildman–Crippen LogP) is 4.40. The molecule has 9 heteroatoms. The first-order valence-corrected chi connectivity index (χ1v) is 9.73. The van der Waals surface area contributed by atoms with Crippen molar-refractivity contribution >= 4 is 11.8 Å². The number of nitrogens with zero attached hydrogens (tertiary/aromatic N) is 4. The normalized spacial score (nSPS) is 10.9. The number of rotatable bonds is 7. The van der Waals surface area contributed by atoms with Gasteiger partial charge in [-0.2, -0.15) is 4.98 Å². The largest absolute Gasteiger partial charge is 0.493 e. The summed E-state index contributed by atoms with van der Waals surface area (Å²) in [5.41, 5.74) is 2.79. The number of hydrogen-bond acceptors (Lipinski definition) is 9. The van der Waals surface area contributed by atoms with Crippen molar-refractivity contribution in [3.05, 3.63) is 53.9 Å². The van der Waals surface area contributed by atoms with Gasteiger partial charge in [0.15, 0.2) is 11.5 Å². The lowest BCUT2D eigenvalue weighted by atomic mass is 10.1. The van der Waals surface area contributed by atoms with Gasteiger partial charge in [0.2, 0.25) is 17.6 Å². The van der Waals surface area contributed by atoms with Crippen LogP contribution in [0.4, 0.5) is 0 Å². The molecule has 0 aliphatic carbocycles. The quantitative estimate of drug-likeness (QED) is 0.411. The summed E-state index contributed by atoms with van der Waals surface area (Å²) in [6, 6.07) is 13.3. The average molecular weight is 410 g/mol. The first-order valence-electron chi connectivity index (χ1n) is 8.74. The molecule has 2 heterocycles. The average Bonchev–Trinajstić information content (AvgIpc) is 3.41. The van der Waals surface area contributed by atoms with Crippen molar-refractivity contribution in [3.8, 4) is 34.3 Å². The lowest BCUT2D eigenvalue weighted by molar-refractivity contribution is 0.355. The van der Waals surface area contributed by atoms with Crippen molar-refractivity contribution in [1.29, 1.82) is 0 Å². The van der Waals surface area contributed by atoms with E-state index >= 15 is 0 Å². The van der Waals surface area contributed by atoms with E-state index in [0.717, 1.165) is 16.7 Å². The molecule has 2 aromatic carbocycles. The number of hydrogen-bond donors (Lipinski definition) is 0. The van der Waals surface area contributed by atoms with Gasteiger partial charge in [0.05, 0.1) is 20.0 Å². The molecule has 0 atom stereocenters. The molecular formula is C20H18N4O4S. The van der Waals surface area contributed by atoms with Gasteiger partial charge < -0.3 is 18.4 Å². The SMILES string of the molecule is COc1ccc(-c2nnc(SCc3nc(-c4cccc(C)c4)no3)o2)cc1OC. The van der Waals surface area contributed by atoms with Gasteiger partial charge in [-0.3, -0.25) is 0 Å². The zero-order valence-electron chi connectivity index (χ0n) is 16.1. The molecule has 0 bridgehead atoms. The number of thioether (sulfide) groups is 1. The molecule has 29 heavy (non-hydrogen) atoms. The van der Waals surface area contributed by atoms with Gasteiger partial charge in [-0.25, -0.2) is 0 Å². The molecule has 0 saturated carbocycles. The fourth-order valence-electron chi connectivity index (χ4n) is 2.69. The third-order valence-electron chi connectivity index (χ3n) is 4.10. The van der Waals surface area contributed by atoms with Crippen LogP contribution in [0.5, 0.6) is 11.5 Å². The smallest absolute Gasteiger partial charge is 0.277 e. The lowest BCUT2D eigenvalue weighted by Crippen LogP contribution is -1.90. The van der Waals surface area contributed by atoms with Crippen LogP contribution < -0.4 is 9.47 Å². The molecule has 0 unspecified atom stereocenters. The molecule has 0 amide bonds. The molecule has 2 aromatic heterocycles. The Balaban J connectivity index is 1.44. The maximum absolute atomic E-state index is 5.73. The van der Waals surface area contributed by atoms with Gasteiger partial charge in [0.1, 0.15) is 0 Å². The Kier molecular flexibility index (Phi) is 5.48. The molecule has 0 fully saturated rings.